The van der Waals surface area contributed by atoms with Crippen molar-refractivity contribution < 1.29 is 22.6 Å². The Morgan fingerprint density at radius 3 is 2.57 bits per heavy atom. The third-order valence-electron chi connectivity index (χ3n) is 3.52. The Morgan fingerprint density at radius 1 is 1.21 bits per heavy atom. The molecule has 0 aliphatic rings. The number of benzene rings is 1. The van der Waals surface area contributed by atoms with Crippen LogP contribution in [0.3, 0.4) is 0 Å². The predicted octanol–water partition coefficient (Wildman–Crippen LogP) is 3.30. The van der Waals surface area contributed by atoms with Gasteiger partial charge in [-0.25, -0.2) is 9.98 Å². The van der Waals surface area contributed by atoms with Crippen molar-refractivity contribution in [2.24, 2.45) is 10.7 Å². The van der Waals surface area contributed by atoms with Crippen LogP contribution in [-0.2, 0) is 13.0 Å². The number of pyridine rings is 1. The number of aromatic nitrogens is 1. The maximum Gasteiger partial charge on any atom is 0.422 e. The minimum Gasteiger partial charge on any atom is -0.497 e. The molecule has 0 aliphatic heterocycles. The van der Waals surface area contributed by atoms with Crippen molar-refractivity contribution in [3.63, 3.8) is 0 Å². The summed E-state index contributed by atoms with van der Waals surface area (Å²) in [6.07, 6.45) is -2.34. The highest BCUT2D eigenvalue weighted by molar-refractivity contribution is 14.0. The van der Waals surface area contributed by atoms with Gasteiger partial charge in [0.05, 0.1) is 13.7 Å². The summed E-state index contributed by atoms with van der Waals surface area (Å²) in [5.74, 6) is 0.867. The molecular weight excluding hydrogens is 488 g/mol. The second-order valence-corrected chi connectivity index (χ2v) is 5.60. The first-order chi connectivity index (χ1) is 12.9. The van der Waals surface area contributed by atoms with E-state index in [1.54, 1.807) is 19.2 Å². The predicted molar refractivity (Wildman–Crippen MR) is 111 cm³/mol. The Hall–Kier alpha value is -2.24. The van der Waals surface area contributed by atoms with Gasteiger partial charge in [0.25, 0.3) is 0 Å². The van der Waals surface area contributed by atoms with E-state index in [1.807, 2.05) is 24.3 Å². The molecule has 0 unspecified atom stereocenters. The lowest BCUT2D eigenvalue weighted by Crippen LogP contribution is -2.33. The lowest BCUT2D eigenvalue weighted by Gasteiger charge is -2.11. The van der Waals surface area contributed by atoms with E-state index in [4.69, 9.17) is 15.2 Å². The van der Waals surface area contributed by atoms with Crippen LogP contribution in [0.5, 0.6) is 11.6 Å². The summed E-state index contributed by atoms with van der Waals surface area (Å²) in [7, 11) is 1.61. The molecular formula is C18H22F3IN4O2. The number of alkyl halides is 3. The Labute approximate surface area is 178 Å². The summed E-state index contributed by atoms with van der Waals surface area (Å²) in [5, 5.41) is 2.96. The molecule has 0 radical (unpaired) electrons. The molecule has 6 nitrogen and oxygen atoms in total. The van der Waals surface area contributed by atoms with Crippen molar-refractivity contribution in [1.29, 1.82) is 0 Å². The number of hydrogen-bond acceptors (Lipinski definition) is 4. The molecule has 0 fully saturated rings. The van der Waals surface area contributed by atoms with Gasteiger partial charge in [0.1, 0.15) is 5.75 Å². The minimum atomic E-state index is -4.43. The fourth-order valence-electron chi connectivity index (χ4n) is 2.18. The minimum absolute atomic E-state index is 0. The Balaban J connectivity index is 0.00000392. The molecule has 1 aromatic heterocycles. The zero-order valence-electron chi connectivity index (χ0n) is 15.2. The van der Waals surface area contributed by atoms with Crippen LogP contribution in [0.4, 0.5) is 13.2 Å². The lowest BCUT2D eigenvalue weighted by atomic mass is 10.1. The van der Waals surface area contributed by atoms with Crippen molar-refractivity contribution in [2.45, 2.75) is 19.1 Å². The van der Waals surface area contributed by atoms with Gasteiger partial charge in [-0.3, -0.25) is 0 Å². The van der Waals surface area contributed by atoms with Gasteiger partial charge >= 0.3 is 6.18 Å². The maximum absolute atomic E-state index is 12.3. The van der Waals surface area contributed by atoms with Crippen LogP contribution in [0, 0.1) is 0 Å². The topological polar surface area (TPSA) is 81.8 Å². The first kappa shape index (κ1) is 23.8. The number of ether oxygens (including phenoxy) is 2. The largest absolute Gasteiger partial charge is 0.497 e. The van der Waals surface area contributed by atoms with Crippen molar-refractivity contribution in [1.82, 2.24) is 10.3 Å². The van der Waals surface area contributed by atoms with Gasteiger partial charge in [-0.2, -0.15) is 13.2 Å². The molecule has 0 amide bonds. The molecule has 0 aliphatic carbocycles. The normalized spacial score (nSPS) is 11.5. The van der Waals surface area contributed by atoms with Gasteiger partial charge in [0.15, 0.2) is 12.6 Å². The molecule has 1 heterocycles. The van der Waals surface area contributed by atoms with E-state index in [-0.39, 0.29) is 42.4 Å². The molecule has 154 valence electrons. The second kappa shape index (κ2) is 11.6. The van der Waals surface area contributed by atoms with Gasteiger partial charge in [-0.05, 0) is 30.2 Å². The van der Waals surface area contributed by atoms with Crippen LogP contribution in [-0.4, -0.2) is 37.4 Å². The average molecular weight is 510 g/mol. The number of aliphatic imine (C=N–C) groups is 1. The number of rotatable bonds is 8. The highest BCUT2D eigenvalue weighted by Crippen LogP contribution is 2.20. The Kier molecular flexibility index (Phi) is 9.83. The quantitative estimate of drug-likeness (QED) is 0.324. The fourth-order valence-corrected chi connectivity index (χ4v) is 2.18. The van der Waals surface area contributed by atoms with Crippen LogP contribution in [0.1, 0.15) is 11.1 Å². The molecule has 2 aromatic rings. The maximum atomic E-state index is 12.3. The van der Waals surface area contributed by atoms with Crippen molar-refractivity contribution in [3.05, 3.63) is 53.7 Å². The number of hydrogen-bond donors (Lipinski definition) is 2. The molecule has 0 atom stereocenters. The smallest absolute Gasteiger partial charge is 0.422 e. The molecule has 0 saturated heterocycles. The number of nitrogens with zero attached hydrogens (tertiary/aromatic N) is 2. The van der Waals surface area contributed by atoms with Crippen LogP contribution in [0.2, 0.25) is 0 Å². The van der Waals surface area contributed by atoms with Crippen LogP contribution >= 0.6 is 24.0 Å². The number of nitrogens with one attached hydrogen (secondary N) is 1. The van der Waals surface area contributed by atoms with Crippen molar-refractivity contribution in [3.8, 4) is 11.6 Å². The van der Waals surface area contributed by atoms with Crippen LogP contribution in [0.15, 0.2) is 47.6 Å². The zero-order valence-corrected chi connectivity index (χ0v) is 17.5. The highest BCUT2D eigenvalue weighted by Gasteiger charge is 2.29. The number of guanidine groups is 1. The summed E-state index contributed by atoms with van der Waals surface area (Å²) < 4.78 is 46.7. The molecule has 0 spiro atoms. The number of nitrogens with two attached hydrogens (primary N) is 1. The van der Waals surface area contributed by atoms with Crippen molar-refractivity contribution >= 4 is 29.9 Å². The molecule has 0 bridgehead atoms. The monoisotopic (exact) mass is 510 g/mol. The number of methoxy groups -OCH3 is 1. The van der Waals surface area contributed by atoms with E-state index in [0.717, 1.165) is 17.7 Å². The van der Waals surface area contributed by atoms with E-state index in [0.29, 0.717) is 12.1 Å². The summed E-state index contributed by atoms with van der Waals surface area (Å²) in [6, 6.07) is 10.8. The first-order valence-electron chi connectivity index (χ1n) is 8.17. The summed E-state index contributed by atoms with van der Waals surface area (Å²) >= 11 is 0. The van der Waals surface area contributed by atoms with Crippen LogP contribution < -0.4 is 20.5 Å². The summed E-state index contributed by atoms with van der Waals surface area (Å²) in [4.78, 5) is 7.93. The van der Waals surface area contributed by atoms with Gasteiger partial charge in [-0.1, -0.05) is 18.2 Å². The van der Waals surface area contributed by atoms with E-state index in [2.05, 4.69) is 15.3 Å². The molecule has 0 saturated carbocycles. The standard InChI is InChI=1S/C18H21F3N4O2.HI/c1-26-15-6-4-13(5-7-15)8-10-24-17(22)25-11-14-3-2-9-23-16(14)27-12-18(19,20)21;/h2-7,9H,8,10-12H2,1H3,(H3,22,24,25);1H. The van der Waals surface area contributed by atoms with E-state index in [9.17, 15) is 13.2 Å². The van der Waals surface area contributed by atoms with Gasteiger partial charge in [0.2, 0.25) is 5.88 Å². The molecule has 10 heteroatoms. The highest BCUT2D eigenvalue weighted by atomic mass is 127. The van der Waals surface area contributed by atoms with Gasteiger partial charge in [0, 0.05) is 18.3 Å². The van der Waals surface area contributed by atoms with Gasteiger partial charge < -0.3 is 20.5 Å². The lowest BCUT2D eigenvalue weighted by molar-refractivity contribution is -0.154. The molecule has 3 N–H and O–H groups in total. The summed E-state index contributed by atoms with van der Waals surface area (Å²) in [6.45, 7) is -0.787. The molecule has 2 rings (SSSR count). The molecule has 28 heavy (non-hydrogen) atoms. The zero-order chi connectivity index (χ0) is 19.7. The number of halogens is 4. The van der Waals surface area contributed by atoms with Crippen molar-refractivity contribution in [2.75, 3.05) is 20.3 Å². The van der Waals surface area contributed by atoms with E-state index in [1.165, 1.54) is 6.20 Å². The average Bonchev–Trinajstić information content (AvgIpc) is 2.65. The SMILES string of the molecule is COc1ccc(CCNC(N)=NCc2cccnc2OCC(F)(F)F)cc1.I. The third-order valence-corrected chi connectivity index (χ3v) is 3.52. The fraction of sp³-hybridized carbons (Fsp3) is 0.333. The van der Waals surface area contributed by atoms with E-state index >= 15 is 0 Å². The Morgan fingerprint density at radius 2 is 1.93 bits per heavy atom. The second-order valence-electron chi connectivity index (χ2n) is 5.60. The summed E-state index contributed by atoms with van der Waals surface area (Å²) in [5.41, 5.74) is 7.32. The van der Waals surface area contributed by atoms with Crippen LogP contribution in [0.25, 0.3) is 0 Å². The third kappa shape index (κ3) is 8.63. The Bertz CT molecular complexity index is 755. The van der Waals surface area contributed by atoms with Gasteiger partial charge in [-0.15, -0.1) is 24.0 Å². The van der Waals surface area contributed by atoms with E-state index < -0.39 is 12.8 Å². The first-order valence-corrected chi connectivity index (χ1v) is 8.17. The molecule has 1 aromatic carbocycles.